The van der Waals surface area contributed by atoms with Crippen LogP contribution in [0, 0.1) is 6.92 Å². The lowest BCUT2D eigenvalue weighted by Gasteiger charge is -2.09. The number of esters is 1. The number of rotatable bonds is 3. The predicted octanol–water partition coefficient (Wildman–Crippen LogP) is 2.92. The van der Waals surface area contributed by atoms with Gasteiger partial charge in [0.25, 0.3) is 0 Å². The topological polar surface area (TPSA) is 51.2 Å². The molecule has 0 atom stereocenters. The van der Waals surface area contributed by atoms with E-state index >= 15 is 0 Å². The van der Waals surface area contributed by atoms with E-state index in [0.29, 0.717) is 5.56 Å². The second-order valence-electron chi connectivity index (χ2n) is 3.87. The summed E-state index contributed by atoms with van der Waals surface area (Å²) in [6, 6.07) is 11.5. The molecule has 1 heterocycles. The van der Waals surface area contributed by atoms with E-state index < -0.39 is 0 Å². The Morgan fingerprint density at radius 3 is 2.61 bits per heavy atom. The van der Waals surface area contributed by atoms with Gasteiger partial charge in [0.2, 0.25) is 0 Å². The second-order valence-corrected chi connectivity index (χ2v) is 3.87. The van der Waals surface area contributed by atoms with Crippen molar-refractivity contribution < 1.29 is 9.53 Å². The summed E-state index contributed by atoms with van der Waals surface area (Å²) in [6.45, 7) is 1.89. The SMILES string of the molecule is COC(=O)c1cnc(Nc2ccccc2)c(C)c1. The summed E-state index contributed by atoms with van der Waals surface area (Å²) in [5, 5.41) is 3.19. The molecular formula is C14H14N2O2. The summed E-state index contributed by atoms with van der Waals surface area (Å²) in [7, 11) is 1.35. The Balaban J connectivity index is 2.23. The molecule has 0 saturated carbocycles. The largest absolute Gasteiger partial charge is 0.465 e. The molecule has 0 aliphatic heterocycles. The Kier molecular flexibility index (Phi) is 3.57. The summed E-state index contributed by atoms with van der Waals surface area (Å²) in [4.78, 5) is 15.6. The minimum absolute atomic E-state index is 0.378. The van der Waals surface area contributed by atoms with Crippen molar-refractivity contribution >= 4 is 17.5 Å². The molecule has 0 fully saturated rings. The molecular weight excluding hydrogens is 228 g/mol. The molecule has 0 aliphatic rings. The average molecular weight is 242 g/mol. The first-order valence-electron chi connectivity index (χ1n) is 5.58. The van der Waals surface area contributed by atoms with Crippen LogP contribution in [-0.4, -0.2) is 18.1 Å². The van der Waals surface area contributed by atoms with E-state index in [9.17, 15) is 4.79 Å². The van der Waals surface area contributed by atoms with Crippen LogP contribution in [0.4, 0.5) is 11.5 Å². The number of aryl methyl sites for hydroxylation is 1. The molecule has 0 amide bonds. The average Bonchev–Trinajstić information content (AvgIpc) is 2.41. The van der Waals surface area contributed by atoms with Gasteiger partial charge in [0.15, 0.2) is 0 Å². The van der Waals surface area contributed by atoms with Gasteiger partial charge in [-0.05, 0) is 30.7 Å². The van der Waals surface area contributed by atoms with Gasteiger partial charge in [0, 0.05) is 11.9 Å². The number of hydrogen-bond donors (Lipinski definition) is 1. The first-order chi connectivity index (χ1) is 8.70. The van der Waals surface area contributed by atoms with Crippen LogP contribution >= 0.6 is 0 Å². The number of carbonyl (C=O) groups excluding carboxylic acids is 1. The predicted molar refractivity (Wildman–Crippen MR) is 70.0 cm³/mol. The molecule has 2 aromatic rings. The van der Waals surface area contributed by atoms with Gasteiger partial charge in [0.1, 0.15) is 5.82 Å². The van der Waals surface area contributed by atoms with Crippen LogP contribution in [0.25, 0.3) is 0 Å². The van der Waals surface area contributed by atoms with Crippen LogP contribution in [0.3, 0.4) is 0 Å². The molecule has 2 rings (SSSR count). The standard InChI is InChI=1S/C14H14N2O2/c1-10-8-11(14(17)18-2)9-15-13(10)16-12-6-4-3-5-7-12/h3-9H,1-2H3,(H,15,16). The van der Waals surface area contributed by atoms with E-state index in [-0.39, 0.29) is 5.97 Å². The molecule has 0 aliphatic carbocycles. The van der Waals surface area contributed by atoms with Crippen LogP contribution in [0.1, 0.15) is 15.9 Å². The number of nitrogens with one attached hydrogen (secondary N) is 1. The van der Waals surface area contributed by atoms with E-state index in [1.807, 2.05) is 37.3 Å². The third-order valence-corrected chi connectivity index (χ3v) is 2.54. The van der Waals surface area contributed by atoms with Gasteiger partial charge >= 0.3 is 5.97 Å². The monoisotopic (exact) mass is 242 g/mol. The van der Waals surface area contributed by atoms with Crippen molar-refractivity contribution in [2.45, 2.75) is 6.92 Å². The minimum atomic E-state index is -0.378. The Labute approximate surface area is 106 Å². The highest BCUT2D eigenvalue weighted by molar-refractivity contribution is 5.89. The molecule has 0 saturated heterocycles. The summed E-state index contributed by atoms with van der Waals surface area (Å²) < 4.78 is 4.65. The number of para-hydroxylation sites is 1. The number of carbonyl (C=O) groups is 1. The van der Waals surface area contributed by atoms with E-state index in [1.165, 1.54) is 13.3 Å². The molecule has 1 aromatic heterocycles. The zero-order valence-electron chi connectivity index (χ0n) is 10.3. The molecule has 1 aromatic carbocycles. The van der Waals surface area contributed by atoms with Crippen molar-refractivity contribution in [3.05, 3.63) is 53.7 Å². The fourth-order valence-corrected chi connectivity index (χ4v) is 1.59. The third kappa shape index (κ3) is 2.66. The van der Waals surface area contributed by atoms with Gasteiger partial charge in [-0.15, -0.1) is 0 Å². The molecule has 18 heavy (non-hydrogen) atoms. The maximum absolute atomic E-state index is 11.4. The molecule has 0 radical (unpaired) electrons. The Morgan fingerprint density at radius 2 is 2.00 bits per heavy atom. The van der Waals surface area contributed by atoms with Gasteiger partial charge < -0.3 is 10.1 Å². The number of benzene rings is 1. The van der Waals surface area contributed by atoms with Crippen LogP contribution in [0.5, 0.6) is 0 Å². The quantitative estimate of drug-likeness (QED) is 0.841. The molecule has 0 spiro atoms. The van der Waals surface area contributed by atoms with E-state index in [1.54, 1.807) is 6.07 Å². The zero-order valence-corrected chi connectivity index (χ0v) is 10.3. The Hall–Kier alpha value is -2.36. The minimum Gasteiger partial charge on any atom is -0.465 e. The molecule has 4 heteroatoms. The second kappa shape index (κ2) is 5.31. The fraction of sp³-hybridized carbons (Fsp3) is 0.143. The molecule has 0 bridgehead atoms. The lowest BCUT2D eigenvalue weighted by molar-refractivity contribution is 0.0600. The number of nitrogens with zero attached hydrogens (tertiary/aromatic N) is 1. The van der Waals surface area contributed by atoms with Crippen molar-refractivity contribution in [1.29, 1.82) is 0 Å². The normalized spacial score (nSPS) is 9.89. The van der Waals surface area contributed by atoms with Crippen LogP contribution in [-0.2, 0) is 4.74 Å². The van der Waals surface area contributed by atoms with Crippen molar-refractivity contribution in [3.8, 4) is 0 Å². The molecule has 1 N–H and O–H groups in total. The lowest BCUT2D eigenvalue weighted by atomic mass is 10.2. The van der Waals surface area contributed by atoms with Gasteiger partial charge in [-0.3, -0.25) is 0 Å². The van der Waals surface area contributed by atoms with Gasteiger partial charge in [-0.1, -0.05) is 18.2 Å². The Morgan fingerprint density at radius 1 is 1.28 bits per heavy atom. The number of ether oxygens (including phenoxy) is 1. The highest BCUT2D eigenvalue weighted by Gasteiger charge is 2.08. The highest BCUT2D eigenvalue weighted by atomic mass is 16.5. The number of methoxy groups -OCH3 is 1. The molecule has 4 nitrogen and oxygen atoms in total. The smallest absolute Gasteiger partial charge is 0.339 e. The first-order valence-corrected chi connectivity index (χ1v) is 5.58. The maximum atomic E-state index is 11.4. The number of aromatic nitrogens is 1. The summed E-state index contributed by atoms with van der Waals surface area (Å²) in [5.74, 6) is 0.353. The number of anilines is 2. The fourth-order valence-electron chi connectivity index (χ4n) is 1.59. The lowest BCUT2D eigenvalue weighted by Crippen LogP contribution is -2.04. The van der Waals surface area contributed by atoms with E-state index in [4.69, 9.17) is 0 Å². The van der Waals surface area contributed by atoms with E-state index in [0.717, 1.165) is 17.1 Å². The first kappa shape index (κ1) is 12.1. The molecule has 0 unspecified atom stereocenters. The van der Waals surface area contributed by atoms with Crippen LogP contribution in [0.2, 0.25) is 0 Å². The van der Waals surface area contributed by atoms with Crippen molar-refractivity contribution in [2.24, 2.45) is 0 Å². The van der Waals surface area contributed by atoms with Gasteiger partial charge in [0.05, 0.1) is 12.7 Å². The van der Waals surface area contributed by atoms with Crippen LogP contribution < -0.4 is 5.32 Å². The highest BCUT2D eigenvalue weighted by Crippen LogP contribution is 2.18. The zero-order chi connectivity index (χ0) is 13.0. The summed E-state index contributed by atoms with van der Waals surface area (Å²) >= 11 is 0. The third-order valence-electron chi connectivity index (χ3n) is 2.54. The van der Waals surface area contributed by atoms with Crippen molar-refractivity contribution in [2.75, 3.05) is 12.4 Å². The van der Waals surface area contributed by atoms with Gasteiger partial charge in [-0.2, -0.15) is 0 Å². The van der Waals surface area contributed by atoms with E-state index in [2.05, 4.69) is 15.0 Å². The maximum Gasteiger partial charge on any atom is 0.339 e. The van der Waals surface area contributed by atoms with Crippen molar-refractivity contribution in [1.82, 2.24) is 4.98 Å². The number of pyridine rings is 1. The summed E-state index contributed by atoms with van der Waals surface area (Å²) in [5.41, 5.74) is 2.30. The Bertz CT molecular complexity index is 553. The summed E-state index contributed by atoms with van der Waals surface area (Å²) in [6.07, 6.45) is 1.50. The number of hydrogen-bond acceptors (Lipinski definition) is 4. The van der Waals surface area contributed by atoms with Gasteiger partial charge in [-0.25, -0.2) is 9.78 Å². The van der Waals surface area contributed by atoms with Crippen molar-refractivity contribution in [3.63, 3.8) is 0 Å². The van der Waals surface area contributed by atoms with Crippen LogP contribution in [0.15, 0.2) is 42.6 Å². The molecule has 92 valence electrons.